The molecule has 0 atom stereocenters. The Morgan fingerprint density at radius 1 is 0.611 bits per heavy atom. The summed E-state index contributed by atoms with van der Waals surface area (Å²) in [6.07, 6.45) is 4.03. The maximum absolute atomic E-state index is 4.65. The largest absolute Gasteiger partial charge is 0.264 e. The number of hydrogen-bond donors (Lipinski definition) is 0. The van der Waals surface area contributed by atoms with E-state index in [2.05, 4.69) is 128 Å². The van der Waals surface area contributed by atoms with E-state index in [1.54, 1.807) is 0 Å². The Morgan fingerprint density at radius 2 is 1.31 bits per heavy atom. The second-order valence-electron chi connectivity index (χ2n) is 10.00. The van der Waals surface area contributed by atoms with E-state index < -0.39 is 0 Å². The van der Waals surface area contributed by atoms with Gasteiger partial charge in [0.25, 0.3) is 0 Å². The number of benzene rings is 4. The van der Waals surface area contributed by atoms with Crippen LogP contribution in [0.3, 0.4) is 0 Å². The van der Waals surface area contributed by atoms with Gasteiger partial charge in [-0.2, -0.15) is 0 Å². The number of nitrogens with zero attached hydrogens (tertiary/aromatic N) is 1. The third kappa shape index (κ3) is 3.04. The molecule has 2 heterocycles. The van der Waals surface area contributed by atoms with Gasteiger partial charge in [-0.3, -0.25) is 4.98 Å². The maximum Gasteiger partial charge on any atom is 0.0438 e. The van der Waals surface area contributed by atoms with E-state index in [-0.39, 0.29) is 5.41 Å². The van der Waals surface area contributed by atoms with Gasteiger partial charge in [-0.1, -0.05) is 111 Å². The highest BCUT2D eigenvalue weighted by Gasteiger charge is 2.37. The summed E-state index contributed by atoms with van der Waals surface area (Å²) in [5.41, 5.74) is 10.2. The summed E-state index contributed by atoms with van der Waals surface area (Å²) in [6.45, 7) is 4.74. The van der Waals surface area contributed by atoms with Crippen molar-refractivity contribution in [1.82, 2.24) is 4.98 Å². The van der Waals surface area contributed by atoms with E-state index >= 15 is 0 Å². The van der Waals surface area contributed by atoms with E-state index in [4.69, 9.17) is 0 Å². The summed E-state index contributed by atoms with van der Waals surface area (Å²) in [6, 6.07) is 37.3. The third-order valence-corrected chi connectivity index (χ3v) is 8.84. The molecule has 172 valence electrons. The first kappa shape index (κ1) is 21.3. The summed E-state index contributed by atoms with van der Waals surface area (Å²) >= 11 is 1.91. The average molecular weight is 480 g/mol. The van der Waals surface area contributed by atoms with Crippen LogP contribution in [0.4, 0.5) is 0 Å². The topological polar surface area (TPSA) is 12.9 Å². The summed E-state index contributed by atoms with van der Waals surface area (Å²) in [5, 5.41) is 2.61. The fraction of sp³-hybridized carbons (Fsp3) is 0.0882. The lowest BCUT2D eigenvalue weighted by atomic mass is 9.74. The average Bonchev–Trinajstić information content (AvgIpc) is 3.30. The maximum atomic E-state index is 4.65. The third-order valence-electron chi connectivity index (χ3n) is 7.57. The van der Waals surface area contributed by atoms with Crippen LogP contribution >= 0.6 is 11.3 Å². The predicted molar refractivity (Wildman–Crippen MR) is 153 cm³/mol. The monoisotopic (exact) mass is 479 g/mol. The van der Waals surface area contributed by atoms with E-state index in [1.807, 2.05) is 17.5 Å². The minimum atomic E-state index is -0.186. The lowest BCUT2D eigenvalue weighted by molar-refractivity contribution is 0.651. The zero-order valence-electron chi connectivity index (χ0n) is 20.3. The smallest absolute Gasteiger partial charge is 0.0438 e. The number of aromatic nitrogens is 1. The van der Waals surface area contributed by atoms with Crippen LogP contribution in [-0.2, 0) is 5.41 Å². The molecule has 4 aromatic carbocycles. The minimum absolute atomic E-state index is 0.186. The van der Waals surface area contributed by atoms with Crippen molar-refractivity contribution in [2.45, 2.75) is 19.3 Å². The minimum Gasteiger partial charge on any atom is -0.264 e. The Labute approximate surface area is 215 Å². The Kier molecular flexibility index (Phi) is 4.74. The summed E-state index contributed by atoms with van der Waals surface area (Å²) in [7, 11) is 0. The van der Waals surface area contributed by atoms with Crippen molar-refractivity contribution < 1.29 is 0 Å². The SMILES string of the molecule is CC1(C)c2ccncc2-c2c(sc(-c3ccccc3)c2-c2ccccc2)-c2ccc3ccccc3c21. The van der Waals surface area contributed by atoms with Gasteiger partial charge >= 0.3 is 0 Å². The van der Waals surface area contributed by atoms with Gasteiger partial charge in [0, 0.05) is 44.3 Å². The quantitative estimate of drug-likeness (QED) is 0.241. The number of thiophene rings is 1. The van der Waals surface area contributed by atoms with Crippen LogP contribution in [0, 0.1) is 0 Å². The standard InChI is InChI=1S/C34H25NS/c1-34(2)28-19-20-35-21-27(28)30-29(23-12-5-3-6-13-23)32(24-14-7-4-8-15-24)36-33(30)26-18-17-22-11-9-10-16-25(22)31(26)34/h3-21H,1-2H3. The molecule has 0 saturated heterocycles. The molecule has 0 spiro atoms. The number of pyridine rings is 1. The van der Waals surface area contributed by atoms with Gasteiger partial charge in [-0.15, -0.1) is 11.3 Å². The van der Waals surface area contributed by atoms with Crippen LogP contribution < -0.4 is 0 Å². The molecule has 2 aromatic heterocycles. The molecule has 1 aliphatic carbocycles. The molecule has 36 heavy (non-hydrogen) atoms. The molecule has 0 amide bonds. The molecular formula is C34H25NS. The van der Waals surface area contributed by atoms with Crippen LogP contribution in [0.5, 0.6) is 0 Å². The molecule has 0 unspecified atom stereocenters. The molecular weight excluding hydrogens is 454 g/mol. The van der Waals surface area contributed by atoms with Crippen molar-refractivity contribution in [2.24, 2.45) is 0 Å². The molecule has 0 fully saturated rings. The first-order valence-corrected chi connectivity index (χ1v) is 13.2. The van der Waals surface area contributed by atoms with Crippen molar-refractivity contribution in [3.05, 3.63) is 127 Å². The first-order valence-electron chi connectivity index (χ1n) is 12.4. The Hall–Kier alpha value is -4.01. The van der Waals surface area contributed by atoms with Crippen molar-refractivity contribution in [2.75, 3.05) is 0 Å². The highest BCUT2D eigenvalue weighted by Crippen LogP contribution is 2.58. The molecule has 2 heteroatoms. The Bertz CT molecular complexity index is 1740. The number of hydrogen-bond acceptors (Lipinski definition) is 2. The van der Waals surface area contributed by atoms with Gasteiger partial charge in [-0.25, -0.2) is 0 Å². The first-order chi connectivity index (χ1) is 17.6. The van der Waals surface area contributed by atoms with Gasteiger partial charge in [0.05, 0.1) is 0 Å². The van der Waals surface area contributed by atoms with Crippen LogP contribution in [0.2, 0.25) is 0 Å². The fourth-order valence-electron chi connectivity index (χ4n) is 5.96. The van der Waals surface area contributed by atoms with Gasteiger partial charge in [0.15, 0.2) is 0 Å². The second-order valence-corrected chi connectivity index (χ2v) is 11.0. The normalized spacial score (nSPS) is 13.5. The lowest BCUT2D eigenvalue weighted by Crippen LogP contribution is -2.20. The van der Waals surface area contributed by atoms with Crippen LogP contribution in [0.1, 0.15) is 25.0 Å². The fourth-order valence-corrected chi connectivity index (χ4v) is 7.33. The molecule has 1 nitrogen and oxygen atoms in total. The van der Waals surface area contributed by atoms with Gasteiger partial charge in [0.2, 0.25) is 0 Å². The van der Waals surface area contributed by atoms with E-state index in [0.29, 0.717) is 0 Å². The van der Waals surface area contributed by atoms with Crippen molar-refractivity contribution in [3.63, 3.8) is 0 Å². The van der Waals surface area contributed by atoms with Gasteiger partial charge in [-0.05, 0) is 44.7 Å². The summed E-state index contributed by atoms with van der Waals surface area (Å²) < 4.78 is 0. The van der Waals surface area contributed by atoms with Crippen LogP contribution in [0.15, 0.2) is 116 Å². The highest BCUT2D eigenvalue weighted by molar-refractivity contribution is 7.20. The van der Waals surface area contributed by atoms with Crippen molar-refractivity contribution in [1.29, 1.82) is 0 Å². The molecule has 0 saturated carbocycles. The summed E-state index contributed by atoms with van der Waals surface area (Å²) in [5.74, 6) is 0. The van der Waals surface area contributed by atoms with Crippen molar-refractivity contribution >= 4 is 22.1 Å². The van der Waals surface area contributed by atoms with Gasteiger partial charge < -0.3 is 0 Å². The van der Waals surface area contributed by atoms with Crippen molar-refractivity contribution in [3.8, 4) is 43.1 Å². The molecule has 6 aromatic rings. The second kappa shape index (κ2) is 8.01. The molecule has 0 aliphatic heterocycles. The van der Waals surface area contributed by atoms with E-state index in [0.717, 1.165) is 0 Å². The predicted octanol–water partition coefficient (Wildman–Crippen LogP) is 9.60. The highest BCUT2D eigenvalue weighted by atomic mass is 32.1. The summed E-state index contributed by atoms with van der Waals surface area (Å²) in [4.78, 5) is 7.28. The molecule has 0 radical (unpaired) electrons. The molecule has 0 bridgehead atoms. The van der Waals surface area contributed by atoms with E-state index in [1.165, 1.54) is 65.0 Å². The number of rotatable bonds is 2. The van der Waals surface area contributed by atoms with E-state index in [9.17, 15) is 0 Å². The number of fused-ring (bicyclic) bond motifs is 7. The molecule has 7 rings (SSSR count). The van der Waals surface area contributed by atoms with Crippen LogP contribution in [-0.4, -0.2) is 4.98 Å². The van der Waals surface area contributed by atoms with Crippen LogP contribution in [0.25, 0.3) is 53.9 Å². The zero-order valence-corrected chi connectivity index (χ0v) is 21.1. The lowest BCUT2D eigenvalue weighted by Gasteiger charge is -2.29. The molecule has 0 N–H and O–H groups in total. The Morgan fingerprint density at radius 3 is 2.08 bits per heavy atom. The Balaban J connectivity index is 1.70. The zero-order chi connectivity index (χ0) is 24.3. The van der Waals surface area contributed by atoms with Gasteiger partial charge in [0.1, 0.15) is 0 Å². The molecule has 1 aliphatic rings.